The summed E-state index contributed by atoms with van der Waals surface area (Å²) in [5.74, 6) is 0.711. The first-order chi connectivity index (χ1) is 8.35. The highest BCUT2D eigenvalue weighted by molar-refractivity contribution is 5.22. The van der Waals surface area contributed by atoms with Crippen LogP contribution in [0, 0.1) is 17.2 Å². The Morgan fingerprint density at radius 2 is 2.41 bits per heavy atom. The van der Waals surface area contributed by atoms with Gasteiger partial charge < -0.3 is 4.74 Å². The predicted octanol–water partition coefficient (Wildman–Crippen LogP) is 0.648. The van der Waals surface area contributed by atoms with E-state index < -0.39 is 0 Å². The molecule has 1 aromatic heterocycles. The topological polar surface area (TPSA) is 54.1 Å². The van der Waals surface area contributed by atoms with Gasteiger partial charge in [0, 0.05) is 32.4 Å². The van der Waals surface area contributed by atoms with Crippen LogP contribution in [0.15, 0.2) is 12.4 Å². The number of rotatable bonds is 3. The molecule has 2 fully saturated rings. The smallest absolute Gasteiger partial charge is 0.102 e. The lowest BCUT2D eigenvalue weighted by atomic mass is 10.0. The van der Waals surface area contributed by atoms with Gasteiger partial charge >= 0.3 is 0 Å². The second-order valence-corrected chi connectivity index (χ2v) is 4.92. The van der Waals surface area contributed by atoms with Crippen molar-refractivity contribution in [1.82, 2.24) is 14.7 Å². The molecule has 0 amide bonds. The molecule has 5 heteroatoms. The molecule has 5 nitrogen and oxygen atoms in total. The maximum atomic E-state index is 8.74. The molecule has 0 saturated carbocycles. The number of hydrogen-bond acceptors (Lipinski definition) is 4. The van der Waals surface area contributed by atoms with E-state index in [0.29, 0.717) is 17.5 Å². The lowest BCUT2D eigenvalue weighted by Crippen LogP contribution is -2.49. The second kappa shape index (κ2) is 4.47. The average Bonchev–Trinajstić information content (AvgIpc) is 2.94. The maximum Gasteiger partial charge on any atom is 0.102 e. The van der Waals surface area contributed by atoms with Gasteiger partial charge in [0.25, 0.3) is 0 Å². The number of likely N-dealkylation sites (tertiary alicyclic amines) is 1. The van der Waals surface area contributed by atoms with E-state index in [1.807, 2.05) is 10.9 Å². The molecule has 0 N–H and O–H groups in total. The molecular formula is C12H16N4O. The number of nitrogens with zero attached hydrogens (tertiary/aromatic N) is 4. The summed E-state index contributed by atoms with van der Waals surface area (Å²) in [6.45, 7) is 5.07. The summed E-state index contributed by atoms with van der Waals surface area (Å²) in [6.07, 6.45) is 4.66. The molecule has 0 aliphatic carbocycles. The summed E-state index contributed by atoms with van der Waals surface area (Å²) in [7, 11) is 0. The fourth-order valence-corrected chi connectivity index (χ4v) is 2.55. The zero-order valence-corrected chi connectivity index (χ0v) is 9.75. The van der Waals surface area contributed by atoms with Gasteiger partial charge in [-0.3, -0.25) is 9.58 Å². The van der Waals surface area contributed by atoms with Crippen molar-refractivity contribution in [3.05, 3.63) is 18.0 Å². The molecule has 0 aromatic carbocycles. The lowest BCUT2D eigenvalue weighted by Gasteiger charge is -2.40. The highest BCUT2D eigenvalue weighted by Crippen LogP contribution is 2.24. The van der Waals surface area contributed by atoms with Crippen molar-refractivity contribution in [3.8, 4) is 6.07 Å². The molecule has 90 valence electrons. The van der Waals surface area contributed by atoms with Crippen LogP contribution in [0.3, 0.4) is 0 Å². The first-order valence-electron chi connectivity index (χ1n) is 6.09. The van der Waals surface area contributed by atoms with Crippen LogP contribution in [-0.2, 0) is 4.74 Å². The van der Waals surface area contributed by atoms with Crippen molar-refractivity contribution in [2.45, 2.75) is 12.5 Å². The van der Waals surface area contributed by atoms with Crippen molar-refractivity contribution in [2.75, 3.05) is 32.8 Å². The number of nitriles is 1. The third kappa shape index (κ3) is 2.19. The molecule has 1 atom stereocenters. The molecule has 0 radical (unpaired) electrons. The van der Waals surface area contributed by atoms with Gasteiger partial charge in [-0.1, -0.05) is 0 Å². The quantitative estimate of drug-likeness (QED) is 0.767. The molecule has 2 aliphatic rings. The van der Waals surface area contributed by atoms with Gasteiger partial charge in [0.2, 0.25) is 0 Å². The van der Waals surface area contributed by atoms with E-state index in [0.717, 1.165) is 32.8 Å². The van der Waals surface area contributed by atoms with Crippen LogP contribution in [0.5, 0.6) is 0 Å². The van der Waals surface area contributed by atoms with Gasteiger partial charge in [-0.15, -0.1) is 0 Å². The number of aromatic nitrogens is 2. The van der Waals surface area contributed by atoms with Gasteiger partial charge in [0.15, 0.2) is 0 Å². The fraction of sp³-hybridized carbons (Fsp3) is 0.667. The molecule has 2 aliphatic heterocycles. The van der Waals surface area contributed by atoms with E-state index in [4.69, 9.17) is 10.00 Å². The van der Waals surface area contributed by atoms with Crippen molar-refractivity contribution >= 4 is 0 Å². The van der Waals surface area contributed by atoms with Crippen LogP contribution in [0.25, 0.3) is 0 Å². The van der Waals surface area contributed by atoms with Crippen LogP contribution in [0.4, 0.5) is 0 Å². The molecule has 3 heterocycles. The van der Waals surface area contributed by atoms with E-state index >= 15 is 0 Å². The van der Waals surface area contributed by atoms with Gasteiger partial charge in [0.1, 0.15) is 6.07 Å². The van der Waals surface area contributed by atoms with Gasteiger partial charge in [-0.2, -0.15) is 10.4 Å². The Bertz CT molecular complexity index is 424. The zero-order valence-electron chi connectivity index (χ0n) is 9.75. The Morgan fingerprint density at radius 1 is 1.53 bits per heavy atom. The monoisotopic (exact) mass is 232 g/mol. The molecule has 17 heavy (non-hydrogen) atoms. The van der Waals surface area contributed by atoms with E-state index in [9.17, 15) is 0 Å². The Kier molecular flexibility index (Phi) is 2.83. The maximum absolute atomic E-state index is 8.74. The summed E-state index contributed by atoms with van der Waals surface area (Å²) in [4.78, 5) is 2.44. The zero-order chi connectivity index (χ0) is 11.7. The van der Waals surface area contributed by atoms with E-state index in [2.05, 4.69) is 16.1 Å². The standard InChI is InChI=1S/C12H16N4O/c13-3-11-4-14-16(6-11)12-7-15(8-12)5-10-1-2-17-9-10/h4,6,10,12H,1-2,5,7-9H2. The summed E-state index contributed by atoms with van der Waals surface area (Å²) in [5.41, 5.74) is 0.646. The molecule has 0 bridgehead atoms. The van der Waals surface area contributed by atoms with Crippen molar-refractivity contribution < 1.29 is 4.74 Å². The largest absolute Gasteiger partial charge is 0.381 e. The molecule has 2 saturated heterocycles. The van der Waals surface area contributed by atoms with E-state index in [-0.39, 0.29) is 0 Å². The molecular weight excluding hydrogens is 216 g/mol. The lowest BCUT2D eigenvalue weighted by molar-refractivity contribution is 0.0758. The SMILES string of the molecule is N#Cc1cnn(C2CN(CC3CCOC3)C2)c1. The molecule has 0 spiro atoms. The van der Waals surface area contributed by atoms with Gasteiger partial charge in [-0.25, -0.2) is 0 Å². The predicted molar refractivity (Wildman–Crippen MR) is 61.3 cm³/mol. The molecule has 1 unspecified atom stereocenters. The molecule has 1 aromatic rings. The second-order valence-electron chi connectivity index (χ2n) is 4.92. The minimum absolute atomic E-state index is 0.444. The summed E-state index contributed by atoms with van der Waals surface area (Å²) < 4.78 is 7.29. The first kappa shape index (κ1) is 10.8. The Labute approximate surface area is 101 Å². The molecule has 3 rings (SSSR count). The van der Waals surface area contributed by atoms with E-state index in [1.165, 1.54) is 6.42 Å². The van der Waals surface area contributed by atoms with Gasteiger partial charge in [0.05, 0.1) is 24.4 Å². The fourth-order valence-electron chi connectivity index (χ4n) is 2.55. The van der Waals surface area contributed by atoms with Crippen LogP contribution in [0.1, 0.15) is 18.0 Å². The summed E-state index contributed by atoms with van der Waals surface area (Å²) >= 11 is 0. The number of hydrogen-bond donors (Lipinski definition) is 0. The van der Waals surface area contributed by atoms with Crippen molar-refractivity contribution in [1.29, 1.82) is 5.26 Å². The highest BCUT2D eigenvalue weighted by atomic mass is 16.5. The third-order valence-electron chi connectivity index (χ3n) is 3.58. The van der Waals surface area contributed by atoms with E-state index in [1.54, 1.807) is 6.20 Å². The Balaban J connectivity index is 1.49. The Morgan fingerprint density at radius 3 is 3.06 bits per heavy atom. The van der Waals surface area contributed by atoms with Crippen LogP contribution in [0.2, 0.25) is 0 Å². The Hall–Kier alpha value is -1.38. The van der Waals surface area contributed by atoms with Gasteiger partial charge in [-0.05, 0) is 12.3 Å². The normalized spacial score (nSPS) is 25.7. The minimum atomic E-state index is 0.444. The summed E-state index contributed by atoms with van der Waals surface area (Å²) in [6, 6.07) is 2.55. The first-order valence-corrected chi connectivity index (χ1v) is 6.09. The third-order valence-corrected chi connectivity index (χ3v) is 3.58. The minimum Gasteiger partial charge on any atom is -0.381 e. The average molecular weight is 232 g/mol. The van der Waals surface area contributed by atoms with Crippen LogP contribution >= 0.6 is 0 Å². The van der Waals surface area contributed by atoms with Crippen molar-refractivity contribution in [2.24, 2.45) is 5.92 Å². The van der Waals surface area contributed by atoms with Crippen LogP contribution < -0.4 is 0 Å². The highest BCUT2D eigenvalue weighted by Gasteiger charge is 2.31. The number of ether oxygens (including phenoxy) is 1. The van der Waals surface area contributed by atoms with Crippen LogP contribution in [-0.4, -0.2) is 47.5 Å². The summed E-state index contributed by atoms with van der Waals surface area (Å²) in [5, 5.41) is 13.0. The van der Waals surface area contributed by atoms with Crippen molar-refractivity contribution in [3.63, 3.8) is 0 Å².